The van der Waals surface area contributed by atoms with Gasteiger partial charge >= 0.3 is 0 Å². The summed E-state index contributed by atoms with van der Waals surface area (Å²) in [6.07, 6.45) is 7.52. The highest BCUT2D eigenvalue weighted by atomic mass is 16.2. The first-order valence-electron chi connectivity index (χ1n) is 7.78. The maximum absolute atomic E-state index is 12.5. The van der Waals surface area contributed by atoms with Gasteiger partial charge in [-0.3, -0.25) is 4.79 Å². The van der Waals surface area contributed by atoms with E-state index in [0.29, 0.717) is 17.9 Å². The Morgan fingerprint density at radius 3 is 2.72 bits per heavy atom. The lowest BCUT2D eigenvalue weighted by molar-refractivity contribution is -0.134. The van der Waals surface area contributed by atoms with Crippen molar-refractivity contribution in [2.45, 2.75) is 51.5 Å². The van der Waals surface area contributed by atoms with Crippen LogP contribution < -0.4 is 5.32 Å². The second kappa shape index (κ2) is 5.20. The molecule has 1 N–H and O–H groups in total. The summed E-state index contributed by atoms with van der Waals surface area (Å²) in [5, 5.41) is 3.37. The van der Waals surface area contributed by atoms with Crippen molar-refractivity contribution in [3.8, 4) is 0 Å². The Labute approximate surface area is 110 Å². The molecular weight excluding hydrogens is 224 g/mol. The summed E-state index contributed by atoms with van der Waals surface area (Å²) in [6.45, 7) is 5.07. The molecule has 102 valence electrons. The predicted molar refractivity (Wildman–Crippen MR) is 72.2 cm³/mol. The van der Waals surface area contributed by atoms with Crippen LogP contribution in [0.15, 0.2) is 0 Å². The van der Waals surface area contributed by atoms with Crippen molar-refractivity contribution >= 4 is 5.91 Å². The molecule has 3 fully saturated rings. The smallest absolute Gasteiger partial charge is 0.223 e. The number of amides is 1. The number of hydrogen-bond donors (Lipinski definition) is 1. The molecule has 1 heterocycles. The van der Waals surface area contributed by atoms with Crippen molar-refractivity contribution in [2.75, 3.05) is 19.6 Å². The lowest BCUT2D eigenvalue weighted by Crippen LogP contribution is -2.42. The van der Waals surface area contributed by atoms with Gasteiger partial charge in [-0.05, 0) is 56.9 Å². The van der Waals surface area contributed by atoms with E-state index < -0.39 is 0 Å². The van der Waals surface area contributed by atoms with E-state index in [4.69, 9.17) is 0 Å². The summed E-state index contributed by atoms with van der Waals surface area (Å²) in [5.41, 5.74) is 0. The molecule has 18 heavy (non-hydrogen) atoms. The van der Waals surface area contributed by atoms with Crippen LogP contribution in [-0.4, -0.2) is 36.5 Å². The van der Waals surface area contributed by atoms with Gasteiger partial charge in [0.2, 0.25) is 5.91 Å². The molecule has 2 aliphatic carbocycles. The van der Waals surface area contributed by atoms with Crippen LogP contribution in [0.4, 0.5) is 0 Å². The highest BCUT2D eigenvalue weighted by Crippen LogP contribution is 2.49. The van der Waals surface area contributed by atoms with Crippen LogP contribution >= 0.6 is 0 Å². The minimum absolute atomic E-state index is 0.420. The van der Waals surface area contributed by atoms with E-state index in [-0.39, 0.29) is 0 Å². The van der Waals surface area contributed by atoms with Gasteiger partial charge in [0.05, 0.1) is 0 Å². The quantitative estimate of drug-likeness (QED) is 0.828. The van der Waals surface area contributed by atoms with E-state index in [1.54, 1.807) is 0 Å². The van der Waals surface area contributed by atoms with Crippen LogP contribution in [0.3, 0.4) is 0 Å². The summed E-state index contributed by atoms with van der Waals surface area (Å²) < 4.78 is 0. The fourth-order valence-electron chi connectivity index (χ4n) is 4.51. The van der Waals surface area contributed by atoms with Crippen LogP contribution in [0.25, 0.3) is 0 Å². The molecule has 3 aliphatic rings. The first-order chi connectivity index (χ1) is 8.78. The van der Waals surface area contributed by atoms with E-state index in [2.05, 4.69) is 17.1 Å². The van der Waals surface area contributed by atoms with E-state index in [0.717, 1.165) is 44.3 Å². The normalized spacial score (nSPS) is 38.3. The minimum Gasteiger partial charge on any atom is -0.339 e. The topological polar surface area (TPSA) is 32.3 Å². The number of hydrogen-bond acceptors (Lipinski definition) is 2. The highest BCUT2D eigenvalue weighted by molar-refractivity contribution is 5.77. The van der Waals surface area contributed by atoms with Crippen LogP contribution in [0.5, 0.6) is 0 Å². The van der Waals surface area contributed by atoms with Crippen LogP contribution in [0.1, 0.15) is 45.4 Å². The van der Waals surface area contributed by atoms with Gasteiger partial charge in [0.15, 0.2) is 0 Å². The van der Waals surface area contributed by atoms with Crippen molar-refractivity contribution in [1.29, 1.82) is 0 Å². The number of rotatable bonds is 4. The zero-order chi connectivity index (χ0) is 12.5. The number of carbonyl (C=O) groups is 1. The van der Waals surface area contributed by atoms with Crippen LogP contribution in [-0.2, 0) is 4.79 Å². The standard InChI is InChI=1S/C15H26N2O/c1-2-17(14-5-6-16-10-14)15(18)9-13-8-11-3-4-12(13)7-11/h11-14,16H,2-10H2,1H3. The van der Waals surface area contributed by atoms with Crippen molar-refractivity contribution < 1.29 is 4.79 Å². The minimum atomic E-state index is 0.420. The summed E-state index contributed by atoms with van der Waals surface area (Å²) >= 11 is 0. The third-order valence-corrected chi connectivity index (χ3v) is 5.46. The lowest BCUT2D eigenvalue weighted by Gasteiger charge is -2.30. The Hall–Kier alpha value is -0.570. The molecule has 0 spiro atoms. The van der Waals surface area contributed by atoms with E-state index in [1.807, 2.05) is 0 Å². The van der Waals surface area contributed by atoms with Crippen molar-refractivity contribution in [3.63, 3.8) is 0 Å². The second-order valence-corrected chi connectivity index (χ2v) is 6.47. The highest BCUT2D eigenvalue weighted by Gasteiger charge is 2.41. The molecule has 1 amide bonds. The van der Waals surface area contributed by atoms with E-state index >= 15 is 0 Å². The molecule has 0 aromatic heterocycles. The number of fused-ring (bicyclic) bond motifs is 2. The van der Waals surface area contributed by atoms with Gasteiger partial charge in [0.25, 0.3) is 0 Å². The first-order valence-corrected chi connectivity index (χ1v) is 7.78. The molecule has 4 atom stereocenters. The number of carbonyl (C=O) groups excluding carboxylic acids is 1. The van der Waals surface area contributed by atoms with Gasteiger partial charge in [-0.2, -0.15) is 0 Å². The van der Waals surface area contributed by atoms with Gasteiger partial charge < -0.3 is 10.2 Å². The van der Waals surface area contributed by atoms with Gasteiger partial charge in [-0.1, -0.05) is 6.42 Å². The third kappa shape index (κ3) is 2.29. The molecule has 0 radical (unpaired) electrons. The molecule has 1 saturated heterocycles. The second-order valence-electron chi connectivity index (χ2n) is 6.47. The molecule has 0 aromatic rings. The summed E-state index contributed by atoms with van der Waals surface area (Å²) in [7, 11) is 0. The molecule has 3 nitrogen and oxygen atoms in total. The SMILES string of the molecule is CCN(C(=O)CC1CC2CCC1C2)C1CCNC1. The van der Waals surface area contributed by atoms with Gasteiger partial charge in [-0.25, -0.2) is 0 Å². The Bertz CT molecular complexity index is 312. The zero-order valence-corrected chi connectivity index (χ0v) is 11.5. The fourth-order valence-corrected chi connectivity index (χ4v) is 4.51. The Kier molecular flexibility index (Phi) is 3.60. The Morgan fingerprint density at radius 1 is 1.28 bits per heavy atom. The summed E-state index contributed by atoms with van der Waals surface area (Å²) in [4.78, 5) is 14.6. The van der Waals surface area contributed by atoms with E-state index in [9.17, 15) is 4.79 Å². The molecule has 3 heteroatoms. The van der Waals surface area contributed by atoms with Crippen molar-refractivity contribution in [3.05, 3.63) is 0 Å². The van der Waals surface area contributed by atoms with Crippen molar-refractivity contribution in [2.24, 2.45) is 17.8 Å². The monoisotopic (exact) mass is 250 g/mol. The van der Waals surface area contributed by atoms with Gasteiger partial charge in [0, 0.05) is 25.6 Å². The van der Waals surface area contributed by atoms with Crippen LogP contribution in [0.2, 0.25) is 0 Å². The Morgan fingerprint density at radius 2 is 2.17 bits per heavy atom. The molecule has 4 unspecified atom stereocenters. The molecule has 0 aromatic carbocycles. The molecule has 2 saturated carbocycles. The number of likely N-dealkylation sites (N-methyl/N-ethyl adjacent to an activating group) is 1. The third-order valence-electron chi connectivity index (χ3n) is 5.46. The maximum atomic E-state index is 12.5. The van der Waals surface area contributed by atoms with Gasteiger partial charge in [0.1, 0.15) is 0 Å². The average molecular weight is 250 g/mol. The average Bonchev–Trinajstić information content (AvgIpc) is 3.05. The summed E-state index contributed by atoms with van der Waals surface area (Å²) in [5.74, 6) is 2.96. The summed E-state index contributed by atoms with van der Waals surface area (Å²) in [6, 6.07) is 0.459. The van der Waals surface area contributed by atoms with Crippen LogP contribution in [0, 0.1) is 17.8 Å². The first kappa shape index (κ1) is 12.5. The molecule has 2 bridgehead atoms. The maximum Gasteiger partial charge on any atom is 0.223 e. The van der Waals surface area contributed by atoms with Crippen molar-refractivity contribution in [1.82, 2.24) is 10.2 Å². The predicted octanol–water partition coefficient (Wildman–Crippen LogP) is 2.02. The number of nitrogens with zero attached hydrogens (tertiary/aromatic N) is 1. The molecule has 3 rings (SSSR count). The lowest BCUT2D eigenvalue weighted by atomic mass is 9.86. The molecular formula is C15H26N2O. The van der Waals surface area contributed by atoms with Gasteiger partial charge in [-0.15, -0.1) is 0 Å². The Balaban J connectivity index is 1.56. The fraction of sp³-hybridized carbons (Fsp3) is 0.933. The molecule has 1 aliphatic heterocycles. The largest absolute Gasteiger partial charge is 0.339 e. The zero-order valence-electron chi connectivity index (χ0n) is 11.5. The number of nitrogens with one attached hydrogen (secondary N) is 1. The van der Waals surface area contributed by atoms with E-state index in [1.165, 1.54) is 25.7 Å².